The van der Waals surface area contributed by atoms with E-state index in [4.69, 9.17) is 5.11 Å². The molecule has 0 aromatic rings. The van der Waals surface area contributed by atoms with Gasteiger partial charge in [-0.3, -0.25) is 10.2 Å². The van der Waals surface area contributed by atoms with E-state index in [-0.39, 0.29) is 6.42 Å². The first-order chi connectivity index (χ1) is 4.29. The molecule has 4 N–H and O–H groups in total. The van der Waals surface area contributed by atoms with E-state index in [2.05, 4.69) is 21.6 Å². The van der Waals surface area contributed by atoms with Crippen LogP contribution in [0.2, 0.25) is 0 Å². The lowest BCUT2D eigenvalue weighted by Gasteiger charge is -1.92. The van der Waals surface area contributed by atoms with Crippen LogP contribution >= 0.6 is 0 Å². The Morgan fingerprint density at radius 3 is 3.00 bits per heavy atom. The van der Waals surface area contributed by atoms with E-state index in [9.17, 15) is 4.79 Å². The molecule has 1 heterocycles. The normalized spacial score (nSPS) is 15.8. The lowest BCUT2D eigenvalue weighted by molar-refractivity contribution is -0.135. The quantitative estimate of drug-likeness (QED) is 0.361. The average Bonchev–Trinajstić information content (AvgIpc) is 2.15. The molecule has 0 unspecified atom stereocenters. The Morgan fingerprint density at radius 1 is 1.78 bits per heavy atom. The van der Waals surface area contributed by atoms with Gasteiger partial charge in [0.2, 0.25) is 0 Å². The number of hydrazine groups is 2. The van der Waals surface area contributed by atoms with Crippen molar-refractivity contribution in [2.45, 2.75) is 6.42 Å². The molecule has 6 heteroatoms. The van der Waals surface area contributed by atoms with Gasteiger partial charge in [0.1, 0.15) is 6.42 Å². The van der Waals surface area contributed by atoms with Crippen LogP contribution in [-0.2, 0) is 4.79 Å². The van der Waals surface area contributed by atoms with Gasteiger partial charge in [-0.15, -0.1) is 10.6 Å². The van der Waals surface area contributed by atoms with Crippen LogP contribution in [0.1, 0.15) is 6.42 Å². The van der Waals surface area contributed by atoms with E-state index in [0.717, 1.165) is 0 Å². The molecule has 0 amide bonds. The third kappa shape index (κ3) is 1.57. The number of nitrogens with zero attached hydrogens (tertiary/aromatic N) is 1. The van der Waals surface area contributed by atoms with Crippen molar-refractivity contribution < 1.29 is 9.90 Å². The maximum Gasteiger partial charge on any atom is 0.311 e. The highest BCUT2D eigenvalue weighted by Crippen LogP contribution is 1.82. The SMILES string of the molecule is O=C(O)CC1=NNNN1. The Hall–Kier alpha value is -1.30. The number of carbonyl (C=O) groups is 1. The number of carboxylic acid groups (broad SMARTS) is 1. The minimum absolute atomic E-state index is 0.0972. The second kappa shape index (κ2) is 2.31. The molecule has 50 valence electrons. The molecule has 0 bridgehead atoms. The molecule has 1 aliphatic rings. The Labute approximate surface area is 50.9 Å². The molecule has 0 aromatic carbocycles. The fourth-order valence-corrected chi connectivity index (χ4v) is 0.450. The number of hydrazone groups is 1. The largest absolute Gasteiger partial charge is 0.481 e. The summed E-state index contributed by atoms with van der Waals surface area (Å²) in [4.78, 5) is 9.98. The zero-order valence-electron chi connectivity index (χ0n) is 4.51. The van der Waals surface area contributed by atoms with E-state index in [0.29, 0.717) is 5.84 Å². The van der Waals surface area contributed by atoms with Crippen molar-refractivity contribution >= 4 is 11.8 Å². The predicted molar refractivity (Wildman–Crippen MR) is 29.1 cm³/mol. The molecular formula is C3H6N4O2. The van der Waals surface area contributed by atoms with Crippen molar-refractivity contribution in [1.29, 1.82) is 0 Å². The van der Waals surface area contributed by atoms with Crippen LogP contribution in [0.4, 0.5) is 0 Å². The van der Waals surface area contributed by atoms with Crippen LogP contribution in [0, 0.1) is 0 Å². The number of hydrogen-bond acceptors (Lipinski definition) is 5. The van der Waals surface area contributed by atoms with Gasteiger partial charge in [0.05, 0.1) is 0 Å². The first-order valence-electron chi connectivity index (χ1n) is 2.33. The zero-order valence-corrected chi connectivity index (χ0v) is 4.51. The van der Waals surface area contributed by atoms with E-state index >= 15 is 0 Å². The van der Waals surface area contributed by atoms with Gasteiger partial charge in [-0.05, 0) is 0 Å². The van der Waals surface area contributed by atoms with Crippen LogP contribution in [0.15, 0.2) is 5.10 Å². The summed E-state index contributed by atoms with van der Waals surface area (Å²) in [5.41, 5.74) is 7.25. The fourth-order valence-electron chi connectivity index (χ4n) is 0.450. The molecule has 6 nitrogen and oxygen atoms in total. The highest BCUT2D eigenvalue weighted by Gasteiger charge is 2.07. The summed E-state index contributed by atoms with van der Waals surface area (Å²) >= 11 is 0. The summed E-state index contributed by atoms with van der Waals surface area (Å²) in [6.07, 6.45) is -0.0972. The van der Waals surface area contributed by atoms with Crippen molar-refractivity contribution in [2.75, 3.05) is 0 Å². The van der Waals surface area contributed by atoms with Crippen molar-refractivity contribution in [3.63, 3.8) is 0 Å². The van der Waals surface area contributed by atoms with Gasteiger partial charge in [0.25, 0.3) is 0 Å². The summed E-state index contributed by atoms with van der Waals surface area (Å²) in [7, 11) is 0. The van der Waals surface area contributed by atoms with Crippen molar-refractivity contribution in [2.24, 2.45) is 5.10 Å². The number of rotatable bonds is 2. The van der Waals surface area contributed by atoms with Crippen LogP contribution in [0.5, 0.6) is 0 Å². The van der Waals surface area contributed by atoms with Gasteiger partial charge in [0.15, 0.2) is 5.84 Å². The van der Waals surface area contributed by atoms with Gasteiger partial charge in [-0.25, -0.2) is 5.53 Å². The Morgan fingerprint density at radius 2 is 2.56 bits per heavy atom. The first kappa shape index (κ1) is 5.83. The Balaban J connectivity index is 2.35. The van der Waals surface area contributed by atoms with Crippen LogP contribution in [-0.4, -0.2) is 16.9 Å². The molecule has 1 rings (SSSR count). The monoisotopic (exact) mass is 130 g/mol. The maximum absolute atomic E-state index is 9.98. The molecule has 0 fully saturated rings. The van der Waals surface area contributed by atoms with Gasteiger partial charge < -0.3 is 5.11 Å². The summed E-state index contributed by atoms with van der Waals surface area (Å²) in [6.45, 7) is 0. The number of aliphatic carboxylic acids is 1. The first-order valence-corrected chi connectivity index (χ1v) is 2.33. The third-order valence-electron chi connectivity index (χ3n) is 0.772. The van der Waals surface area contributed by atoms with Crippen LogP contribution in [0.3, 0.4) is 0 Å². The highest BCUT2D eigenvalue weighted by molar-refractivity contribution is 5.96. The van der Waals surface area contributed by atoms with E-state index < -0.39 is 5.97 Å². The summed E-state index contributed by atoms with van der Waals surface area (Å²) < 4.78 is 0. The lowest BCUT2D eigenvalue weighted by atomic mass is 10.4. The summed E-state index contributed by atoms with van der Waals surface area (Å²) in [6, 6.07) is 0. The van der Waals surface area contributed by atoms with Crippen LogP contribution in [0.25, 0.3) is 0 Å². The standard InChI is InChI=1S/C3H6N4O2/c8-3(9)1-2-4-6-7-5-2/h6-7H,1H2,(H,4,5)(H,8,9). The minimum atomic E-state index is -0.910. The van der Waals surface area contributed by atoms with Gasteiger partial charge in [-0.2, -0.15) is 0 Å². The summed E-state index contributed by atoms with van der Waals surface area (Å²) in [5, 5.41) is 11.7. The van der Waals surface area contributed by atoms with Crippen molar-refractivity contribution in [3.8, 4) is 0 Å². The van der Waals surface area contributed by atoms with E-state index in [1.54, 1.807) is 0 Å². The smallest absolute Gasteiger partial charge is 0.311 e. The maximum atomic E-state index is 9.98. The van der Waals surface area contributed by atoms with Gasteiger partial charge in [0, 0.05) is 0 Å². The number of carboxylic acids is 1. The van der Waals surface area contributed by atoms with Gasteiger partial charge in [-0.1, -0.05) is 0 Å². The molecule has 0 spiro atoms. The predicted octanol–water partition coefficient (Wildman–Crippen LogP) is -1.61. The Kier molecular flexibility index (Phi) is 1.50. The zero-order chi connectivity index (χ0) is 6.69. The molecule has 0 aliphatic carbocycles. The molecule has 0 radical (unpaired) electrons. The average molecular weight is 130 g/mol. The molecule has 0 atom stereocenters. The van der Waals surface area contributed by atoms with E-state index in [1.165, 1.54) is 0 Å². The third-order valence-corrected chi connectivity index (χ3v) is 0.772. The topological polar surface area (TPSA) is 85.8 Å². The van der Waals surface area contributed by atoms with Crippen LogP contribution < -0.4 is 16.5 Å². The molecule has 0 saturated heterocycles. The minimum Gasteiger partial charge on any atom is -0.481 e. The molecule has 0 aromatic heterocycles. The van der Waals surface area contributed by atoms with Crippen molar-refractivity contribution in [3.05, 3.63) is 0 Å². The molecule has 1 aliphatic heterocycles. The Bertz CT molecular complexity index is 154. The number of amidine groups is 1. The second-order valence-electron chi connectivity index (χ2n) is 1.49. The number of nitrogens with one attached hydrogen (secondary N) is 3. The second-order valence-corrected chi connectivity index (χ2v) is 1.49. The lowest BCUT2D eigenvalue weighted by Crippen LogP contribution is -2.35. The summed E-state index contributed by atoms with van der Waals surface area (Å²) in [5.74, 6) is -0.533. The molecule has 0 saturated carbocycles. The molecular weight excluding hydrogens is 124 g/mol. The molecule has 9 heavy (non-hydrogen) atoms. The number of hydrogen-bond donors (Lipinski definition) is 4. The highest BCUT2D eigenvalue weighted by atomic mass is 16.4. The van der Waals surface area contributed by atoms with E-state index in [1.807, 2.05) is 0 Å². The van der Waals surface area contributed by atoms with Gasteiger partial charge >= 0.3 is 5.97 Å². The fraction of sp³-hybridized carbons (Fsp3) is 0.333. The van der Waals surface area contributed by atoms with Crippen molar-refractivity contribution in [1.82, 2.24) is 16.5 Å².